The molecule has 0 unspecified atom stereocenters. The van der Waals surface area contributed by atoms with E-state index in [2.05, 4.69) is 10.3 Å². The van der Waals surface area contributed by atoms with Gasteiger partial charge in [-0.15, -0.1) is 0 Å². The van der Waals surface area contributed by atoms with Gasteiger partial charge in [0.1, 0.15) is 5.75 Å². The Hall–Kier alpha value is -1.95. The third-order valence-electron chi connectivity index (χ3n) is 3.61. The lowest BCUT2D eigenvalue weighted by Crippen LogP contribution is -2.09. The minimum Gasteiger partial charge on any atom is -0.489 e. The highest BCUT2D eigenvalue weighted by atomic mass is 35.5. The van der Waals surface area contributed by atoms with Crippen LogP contribution < -0.4 is 10.1 Å². The number of ether oxygens (including phenoxy) is 1. The van der Waals surface area contributed by atoms with E-state index < -0.39 is 11.7 Å². The molecule has 24 heavy (non-hydrogen) atoms. The number of nitrogens with zero attached hydrogens (tertiary/aromatic N) is 1. The second-order valence-electron chi connectivity index (χ2n) is 5.68. The normalized spacial score (nSPS) is 14.5. The van der Waals surface area contributed by atoms with Crippen molar-refractivity contribution in [1.82, 2.24) is 4.98 Å². The molecule has 0 atom stereocenters. The van der Waals surface area contributed by atoms with Crippen molar-refractivity contribution < 1.29 is 17.9 Å². The van der Waals surface area contributed by atoms with Crippen LogP contribution in [0.2, 0.25) is 5.02 Å². The minimum atomic E-state index is -4.36. The topological polar surface area (TPSA) is 34.1 Å². The first-order valence-corrected chi connectivity index (χ1v) is 8.02. The Morgan fingerprint density at radius 2 is 2.00 bits per heavy atom. The standard InChI is InChI=1S/C17H16ClF3N2O/c18-15-6-3-13(9-16(15)24-14-4-5-14)22-8-7-12-2-1-11(10-23-12)17(19,20)21/h1-3,6,9-10,14,22H,4-5,7-8H2. The van der Waals surface area contributed by atoms with Gasteiger partial charge in [0, 0.05) is 36.6 Å². The fraction of sp³-hybridized carbons (Fsp3) is 0.353. The van der Waals surface area contributed by atoms with E-state index in [9.17, 15) is 13.2 Å². The molecule has 3 nitrogen and oxygen atoms in total. The van der Waals surface area contributed by atoms with Gasteiger partial charge in [0.05, 0.1) is 16.7 Å². The maximum atomic E-state index is 12.5. The average Bonchev–Trinajstić information content (AvgIpc) is 3.34. The van der Waals surface area contributed by atoms with Gasteiger partial charge in [-0.3, -0.25) is 4.98 Å². The van der Waals surface area contributed by atoms with E-state index in [1.54, 1.807) is 6.07 Å². The van der Waals surface area contributed by atoms with Crippen LogP contribution in [0.5, 0.6) is 5.75 Å². The Kier molecular flexibility index (Phi) is 4.85. The molecule has 7 heteroatoms. The van der Waals surface area contributed by atoms with Crippen molar-refractivity contribution in [2.75, 3.05) is 11.9 Å². The highest BCUT2D eigenvalue weighted by Crippen LogP contribution is 2.33. The number of alkyl halides is 3. The summed E-state index contributed by atoms with van der Waals surface area (Å²) in [6.45, 7) is 0.545. The molecule has 1 aromatic carbocycles. The van der Waals surface area contributed by atoms with Crippen LogP contribution in [0.3, 0.4) is 0 Å². The smallest absolute Gasteiger partial charge is 0.417 e. The molecular formula is C17H16ClF3N2O. The molecule has 128 valence electrons. The summed E-state index contributed by atoms with van der Waals surface area (Å²) in [5, 5.41) is 3.76. The largest absolute Gasteiger partial charge is 0.489 e. The van der Waals surface area contributed by atoms with Gasteiger partial charge in [0.2, 0.25) is 0 Å². The number of anilines is 1. The van der Waals surface area contributed by atoms with Crippen LogP contribution in [0.25, 0.3) is 0 Å². The molecule has 0 saturated heterocycles. The Morgan fingerprint density at radius 3 is 2.62 bits per heavy atom. The highest BCUT2D eigenvalue weighted by Gasteiger charge is 2.30. The average molecular weight is 357 g/mol. The van der Waals surface area contributed by atoms with Crippen LogP contribution in [-0.2, 0) is 12.6 Å². The molecule has 0 radical (unpaired) electrons. The zero-order chi connectivity index (χ0) is 17.2. The zero-order valence-corrected chi connectivity index (χ0v) is 13.5. The Balaban J connectivity index is 1.54. The summed E-state index contributed by atoms with van der Waals surface area (Å²) in [7, 11) is 0. The summed E-state index contributed by atoms with van der Waals surface area (Å²) in [6.07, 6.45) is -0.626. The maximum Gasteiger partial charge on any atom is 0.417 e. The third kappa shape index (κ3) is 4.54. The molecular weight excluding hydrogens is 341 g/mol. The fourth-order valence-corrected chi connectivity index (χ4v) is 2.31. The van der Waals surface area contributed by atoms with E-state index in [1.165, 1.54) is 6.07 Å². The molecule has 3 rings (SSSR count). The van der Waals surface area contributed by atoms with Crippen molar-refractivity contribution in [3.63, 3.8) is 0 Å². The van der Waals surface area contributed by atoms with Crippen molar-refractivity contribution in [2.45, 2.75) is 31.5 Å². The molecule has 1 saturated carbocycles. The predicted molar refractivity (Wildman–Crippen MR) is 86.5 cm³/mol. The van der Waals surface area contributed by atoms with E-state index in [4.69, 9.17) is 16.3 Å². The SMILES string of the molecule is FC(F)(F)c1ccc(CCNc2ccc(Cl)c(OC3CC3)c2)nc1. The predicted octanol–water partition coefficient (Wildman–Crippen LogP) is 4.95. The van der Waals surface area contributed by atoms with E-state index in [0.717, 1.165) is 30.8 Å². The number of hydrogen-bond donors (Lipinski definition) is 1. The number of benzene rings is 1. The summed E-state index contributed by atoms with van der Waals surface area (Å²) < 4.78 is 43.2. The first kappa shape index (κ1) is 16.9. The first-order chi connectivity index (χ1) is 11.4. The van der Waals surface area contributed by atoms with Gasteiger partial charge in [-0.25, -0.2) is 0 Å². The first-order valence-electron chi connectivity index (χ1n) is 7.64. The van der Waals surface area contributed by atoms with Crippen molar-refractivity contribution in [3.8, 4) is 5.75 Å². The Bertz CT molecular complexity index is 700. The molecule has 2 aromatic rings. The van der Waals surface area contributed by atoms with Gasteiger partial charge >= 0.3 is 6.18 Å². The lowest BCUT2D eigenvalue weighted by molar-refractivity contribution is -0.137. The lowest BCUT2D eigenvalue weighted by Gasteiger charge is -2.11. The number of hydrogen-bond acceptors (Lipinski definition) is 3. The monoisotopic (exact) mass is 356 g/mol. The molecule has 0 amide bonds. The van der Waals surface area contributed by atoms with E-state index >= 15 is 0 Å². The molecule has 1 aliphatic rings. The molecule has 0 spiro atoms. The van der Waals surface area contributed by atoms with Gasteiger partial charge in [-0.1, -0.05) is 11.6 Å². The second kappa shape index (κ2) is 6.89. The van der Waals surface area contributed by atoms with Gasteiger partial charge in [-0.2, -0.15) is 13.2 Å². The number of aromatic nitrogens is 1. The van der Waals surface area contributed by atoms with E-state index in [1.807, 2.05) is 12.1 Å². The van der Waals surface area contributed by atoms with Gasteiger partial charge in [-0.05, 0) is 37.1 Å². The lowest BCUT2D eigenvalue weighted by atomic mass is 10.2. The quantitative estimate of drug-likeness (QED) is 0.795. The summed E-state index contributed by atoms with van der Waals surface area (Å²) in [5.74, 6) is 0.650. The Labute approximate surface area is 142 Å². The zero-order valence-electron chi connectivity index (χ0n) is 12.7. The molecule has 1 fully saturated rings. The van der Waals surface area contributed by atoms with Gasteiger partial charge < -0.3 is 10.1 Å². The van der Waals surface area contributed by atoms with Crippen LogP contribution in [0, 0.1) is 0 Å². The number of nitrogens with one attached hydrogen (secondary N) is 1. The van der Waals surface area contributed by atoms with Crippen molar-refractivity contribution in [3.05, 3.63) is 52.8 Å². The Morgan fingerprint density at radius 1 is 1.21 bits per heavy atom. The highest BCUT2D eigenvalue weighted by molar-refractivity contribution is 6.32. The minimum absolute atomic E-state index is 0.258. The third-order valence-corrected chi connectivity index (χ3v) is 3.92. The molecule has 1 aliphatic carbocycles. The van der Waals surface area contributed by atoms with Crippen LogP contribution >= 0.6 is 11.6 Å². The molecule has 1 heterocycles. The van der Waals surface area contributed by atoms with Gasteiger partial charge in [0.25, 0.3) is 0 Å². The van der Waals surface area contributed by atoms with Crippen molar-refractivity contribution >= 4 is 17.3 Å². The summed E-state index contributed by atoms with van der Waals surface area (Å²) in [4.78, 5) is 3.85. The number of rotatable bonds is 6. The fourth-order valence-electron chi connectivity index (χ4n) is 2.14. The number of pyridine rings is 1. The molecule has 0 aliphatic heterocycles. The van der Waals surface area contributed by atoms with Crippen LogP contribution in [0.15, 0.2) is 36.5 Å². The number of halogens is 4. The van der Waals surface area contributed by atoms with E-state index in [-0.39, 0.29) is 6.10 Å². The van der Waals surface area contributed by atoms with E-state index in [0.29, 0.717) is 29.4 Å². The van der Waals surface area contributed by atoms with Crippen molar-refractivity contribution in [1.29, 1.82) is 0 Å². The molecule has 1 aromatic heterocycles. The molecule has 1 N–H and O–H groups in total. The summed E-state index contributed by atoms with van der Waals surface area (Å²) >= 11 is 6.09. The summed E-state index contributed by atoms with van der Waals surface area (Å²) in [5.41, 5.74) is 0.708. The van der Waals surface area contributed by atoms with Crippen molar-refractivity contribution in [2.24, 2.45) is 0 Å². The second-order valence-corrected chi connectivity index (χ2v) is 6.08. The maximum absolute atomic E-state index is 12.5. The van der Waals surface area contributed by atoms with Crippen LogP contribution in [-0.4, -0.2) is 17.6 Å². The van der Waals surface area contributed by atoms with Crippen LogP contribution in [0.1, 0.15) is 24.1 Å². The molecule has 0 bridgehead atoms. The van der Waals surface area contributed by atoms with Crippen LogP contribution in [0.4, 0.5) is 18.9 Å². The van der Waals surface area contributed by atoms with Gasteiger partial charge in [0.15, 0.2) is 0 Å². The summed E-state index contributed by atoms with van der Waals surface area (Å²) in [6, 6.07) is 7.88.